The number of hydrogen-bond acceptors (Lipinski definition) is 4. The van der Waals surface area contributed by atoms with Gasteiger partial charge in [0.05, 0.1) is 16.1 Å². The summed E-state index contributed by atoms with van der Waals surface area (Å²) in [7, 11) is 0. The third-order valence-corrected chi connectivity index (χ3v) is 4.13. The topological polar surface area (TPSA) is 79.4 Å². The van der Waals surface area contributed by atoms with Crippen molar-refractivity contribution >= 4 is 35.1 Å². The molecule has 128 valence electrons. The summed E-state index contributed by atoms with van der Waals surface area (Å²) in [5.74, 6) is -0.434. The number of aryl methyl sites for hydroxylation is 1. The number of amides is 3. The largest absolute Gasteiger partial charge is 0.311 e. The Morgan fingerprint density at radius 1 is 1.16 bits per heavy atom. The van der Waals surface area contributed by atoms with Gasteiger partial charge in [0, 0.05) is 19.2 Å². The number of halogens is 1. The normalized spacial score (nSPS) is 13.1. The van der Waals surface area contributed by atoms with E-state index in [2.05, 4.69) is 10.3 Å². The number of nitrogens with zero attached hydrogens (tertiary/aromatic N) is 2. The first kappa shape index (κ1) is 17.1. The number of pyridine rings is 1. The molecule has 1 N–H and O–H groups in total. The van der Waals surface area contributed by atoms with Gasteiger partial charge in [-0.3, -0.25) is 19.3 Å². The van der Waals surface area contributed by atoms with Gasteiger partial charge in [0.25, 0.3) is 11.8 Å². The monoisotopic (exact) mass is 357 g/mol. The number of fused-ring (bicyclic) bond motifs is 1. The molecule has 0 saturated heterocycles. The number of carbonyl (C=O) groups is 3. The summed E-state index contributed by atoms with van der Waals surface area (Å²) in [5, 5.41) is 3.13. The molecular weight excluding hydrogens is 342 g/mol. The molecule has 3 amide bonds. The molecule has 0 radical (unpaired) electrons. The Hall–Kier alpha value is -2.73. The van der Waals surface area contributed by atoms with Crippen LogP contribution in [-0.2, 0) is 4.79 Å². The second-order valence-corrected chi connectivity index (χ2v) is 6.26. The highest BCUT2D eigenvalue weighted by molar-refractivity contribution is 6.30. The SMILES string of the molecule is Cc1ccc2c(c1)C(=O)N(CCCC(=O)Nc1ccc(Cl)cn1)C2=O. The fourth-order valence-corrected chi connectivity index (χ4v) is 2.77. The molecule has 0 atom stereocenters. The lowest BCUT2D eigenvalue weighted by Gasteiger charge is -2.13. The zero-order chi connectivity index (χ0) is 18.0. The van der Waals surface area contributed by atoms with Crippen molar-refractivity contribution < 1.29 is 14.4 Å². The number of benzene rings is 1. The van der Waals surface area contributed by atoms with Crippen molar-refractivity contribution in [3.63, 3.8) is 0 Å². The van der Waals surface area contributed by atoms with Gasteiger partial charge in [-0.25, -0.2) is 4.98 Å². The molecule has 1 aromatic carbocycles. The Labute approximate surface area is 149 Å². The quantitative estimate of drug-likeness (QED) is 0.834. The average molecular weight is 358 g/mol. The maximum Gasteiger partial charge on any atom is 0.261 e. The molecule has 6 nitrogen and oxygen atoms in total. The van der Waals surface area contributed by atoms with Crippen LogP contribution in [0.4, 0.5) is 5.82 Å². The molecule has 0 bridgehead atoms. The van der Waals surface area contributed by atoms with Crippen LogP contribution in [0.15, 0.2) is 36.5 Å². The number of hydrogen-bond donors (Lipinski definition) is 1. The van der Waals surface area contributed by atoms with Crippen LogP contribution in [0.5, 0.6) is 0 Å². The highest BCUT2D eigenvalue weighted by Gasteiger charge is 2.34. The summed E-state index contributed by atoms with van der Waals surface area (Å²) in [4.78, 5) is 41.7. The molecule has 0 aliphatic carbocycles. The maximum atomic E-state index is 12.3. The van der Waals surface area contributed by atoms with E-state index in [1.54, 1.807) is 30.3 Å². The third-order valence-electron chi connectivity index (χ3n) is 3.91. The van der Waals surface area contributed by atoms with Crippen LogP contribution in [-0.4, -0.2) is 34.2 Å². The summed E-state index contributed by atoms with van der Waals surface area (Å²) in [5.41, 5.74) is 1.78. The minimum absolute atomic E-state index is 0.177. The van der Waals surface area contributed by atoms with Gasteiger partial charge < -0.3 is 5.32 Å². The summed E-state index contributed by atoms with van der Waals surface area (Å²) in [6, 6.07) is 8.43. The minimum Gasteiger partial charge on any atom is -0.311 e. The maximum absolute atomic E-state index is 12.3. The Morgan fingerprint density at radius 3 is 2.64 bits per heavy atom. The van der Waals surface area contributed by atoms with E-state index < -0.39 is 0 Å². The molecule has 0 fully saturated rings. The van der Waals surface area contributed by atoms with E-state index in [0.717, 1.165) is 5.56 Å². The number of imide groups is 1. The summed E-state index contributed by atoms with van der Waals surface area (Å²) >= 11 is 5.74. The average Bonchev–Trinajstić information content (AvgIpc) is 2.81. The summed E-state index contributed by atoms with van der Waals surface area (Å²) < 4.78 is 0. The van der Waals surface area contributed by atoms with Crippen molar-refractivity contribution in [2.45, 2.75) is 19.8 Å². The van der Waals surface area contributed by atoms with Crippen LogP contribution in [0.25, 0.3) is 0 Å². The van der Waals surface area contributed by atoms with Gasteiger partial charge in [0.2, 0.25) is 5.91 Å². The van der Waals surface area contributed by atoms with Crippen LogP contribution in [0.2, 0.25) is 5.02 Å². The van der Waals surface area contributed by atoms with Gasteiger partial charge in [-0.05, 0) is 37.6 Å². The molecule has 2 aromatic rings. The molecule has 1 aliphatic heterocycles. The van der Waals surface area contributed by atoms with E-state index in [-0.39, 0.29) is 30.7 Å². The van der Waals surface area contributed by atoms with E-state index in [1.165, 1.54) is 11.1 Å². The molecule has 1 aliphatic rings. The van der Waals surface area contributed by atoms with Crippen molar-refractivity contribution in [2.75, 3.05) is 11.9 Å². The zero-order valence-electron chi connectivity index (χ0n) is 13.6. The Morgan fingerprint density at radius 2 is 1.92 bits per heavy atom. The van der Waals surface area contributed by atoms with E-state index in [4.69, 9.17) is 11.6 Å². The Bertz CT molecular complexity index is 849. The smallest absolute Gasteiger partial charge is 0.261 e. The van der Waals surface area contributed by atoms with Gasteiger partial charge in [0.15, 0.2) is 0 Å². The first-order valence-corrected chi connectivity index (χ1v) is 8.22. The summed E-state index contributed by atoms with van der Waals surface area (Å²) in [6.45, 7) is 2.07. The highest BCUT2D eigenvalue weighted by atomic mass is 35.5. The van der Waals surface area contributed by atoms with Crippen molar-refractivity contribution in [3.8, 4) is 0 Å². The fraction of sp³-hybridized carbons (Fsp3) is 0.222. The van der Waals surface area contributed by atoms with E-state index >= 15 is 0 Å². The Balaban J connectivity index is 1.54. The predicted molar refractivity (Wildman–Crippen MR) is 93.7 cm³/mol. The van der Waals surface area contributed by atoms with Crippen molar-refractivity contribution in [3.05, 3.63) is 58.2 Å². The van der Waals surface area contributed by atoms with Crippen LogP contribution in [0.1, 0.15) is 39.1 Å². The van der Waals surface area contributed by atoms with Crippen molar-refractivity contribution in [1.82, 2.24) is 9.88 Å². The lowest BCUT2D eigenvalue weighted by atomic mass is 10.1. The second-order valence-electron chi connectivity index (χ2n) is 5.82. The number of carbonyl (C=O) groups excluding carboxylic acids is 3. The third kappa shape index (κ3) is 3.69. The molecule has 0 unspecified atom stereocenters. The fourth-order valence-electron chi connectivity index (χ4n) is 2.66. The summed E-state index contributed by atoms with van der Waals surface area (Å²) in [6.07, 6.45) is 2.00. The molecule has 25 heavy (non-hydrogen) atoms. The first-order valence-electron chi connectivity index (χ1n) is 7.84. The molecule has 0 saturated carbocycles. The van der Waals surface area contributed by atoms with Gasteiger partial charge >= 0.3 is 0 Å². The van der Waals surface area contributed by atoms with Crippen LogP contribution in [0.3, 0.4) is 0 Å². The van der Waals surface area contributed by atoms with Gasteiger partial charge in [-0.15, -0.1) is 0 Å². The van der Waals surface area contributed by atoms with E-state index in [1.807, 2.05) is 6.92 Å². The molecule has 0 spiro atoms. The van der Waals surface area contributed by atoms with Gasteiger partial charge in [-0.2, -0.15) is 0 Å². The van der Waals surface area contributed by atoms with Gasteiger partial charge in [-0.1, -0.05) is 23.2 Å². The first-order chi connectivity index (χ1) is 12.0. The van der Waals surface area contributed by atoms with Crippen molar-refractivity contribution in [1.29, 1.82) is 0 Å². The second kappa shape index (κ2) is 7.03. The zero-order valence-corrected chi connectivity index (χ0v) is 14.3. The molecular formula is C18H16ClN3O3. The number of rotatable bonds is 5. The molecule has 7 heteroatoms. The molecule has 2 heterocycles. The van der Waals surface area contributed by atoms with Crippen molar-refractivity contribution in [2.24, 2.45) is 0 Å². The van der Waals surface area contributed by atoms with Crippen LogP contribution >= 0.6 is 11.6 Å². The lowest BCUT2D eigenvalue weighted by molar-refractivity contribution is -0.116. The Kier molecular flexibility index (Phi) is 4.81. The minimum atomic E-state index is -0.306. The highest BCUT2D eigenvalue weighted by Crippen LogP contribution is 2.24. The van der Waals surface area contributed by atoms with Gasteiger partial charge in [0.1, 0.15) is 5.82 Å². The standard InChI is InChI=1S/C18H16ClN3O3/c1-11-4-6-13-14(9-11)18(25)22(17(13)24)8-2-3-16(23)21-15-7-5-12(19)10-20-15/h4-7,9-10H,2-3,8H2,1H3,(H,20,21,23). The predicted octanol–water partition coefficient (Wildman–Crippen LogP) is 3.06. The van der Waals surface area contributed by atoms with E-state index in [9.17, 15) is 14.4 Å². The van der Waals surface area contributed by atoms with E-state index in [0.29, 0.717) is 28.4 Å². The molecule has 1 aromatic heterocycles. The lowest BCUT2D eigenvalue weighted by Crippen LogP contribution is -2.31. The van der Waals surface area contributed by atoms with Crippen LogP contribution < -0.4 is 5.32 Å². The number of anilines is 1. The number of nitrogens with one attached hydrogen (secondary N) is 1. The number of aromatic nitrogens is 1. The molecule has 3 rings (SSSR count). The van der Waals surface area contributed by atoms with Crippen LogP contribution in [0, 0.1) is 6.92 Å².